The summed E-state index contributed by atoms with van der Waals surface area (Å²) in [4.78, 5) is 12.0. The lowest BCUT2D eigenvalue weighted by Crippen LogP contribution is -2.28. The molecule has 1 aromatic heterocycles. The molecule has 0 bridgehead atoms. The van der Waals surface area contributed by atoms with Crippen LogP contribution < -0.4 is 11.1 Å². The number of ether oxygens (including phenoxy) is 1. The predicted molar refractivity (Wildman–Crippen MR) is 84.6 cm³/mol. The fraction of sp³-hybridized carbons (Fsp3) is 0.467. The first-order valence-corrected chi connectivity index (χ1v) is 7.62. The number of hydrogen-bond donors (Lipinski definition) is 2. The number of aromatic nitrogens is 4. The van der Waals surface area contributed by atoms with E-state index in [1.165, 1.54) is 0 Å². The number of methoxy groups -OCH3 is 1. The molecule has 8 nitrogen and oxygen atoms in total. The van der Waals surface area contributed by atoms with Crippen molar-refractivity contribution in [2.45, 2.75) is 31.4 Å². The van der Waals surface area contributed by atoms with Crippen LogP contribution in [0.25, 0.3) is 11.4 Å². The van der Waals surface area contributed by atoms with Crippen molar-refractivity contribution in [3.63, 3.8) is 0 Å². The van der Waals surface area contributed by atoms with Crippen molar-refractivity contribution in [1.82, 2.24) is 20.2 Å². The lowest BCUT2D eigenvalue weighted by Gasteiger charge is -2.13. The molecule has 8 heteroatoms. The molecule has 3 rings (SSSR count). The van der Waals surface area contributed by atoms with E-state index in [0.29, 0.717) is 18.3 Å². The Morgan fingerprint density at radius 2 is 2.35 bits per heavy atom. The summed E-state index contributed by atoms with van der Waals surface area (Å²) in [6.45, 7) is 0.306. The first-order valence-electron chi connectivity index (χ1n) is 7.62. The molecule has 2 aromatic rings. The second-order valence-electron chi connectivity index (χ2n) is 5.60. The second-order valence-corrected chi connectivity index (χ2v) is 5.60. The van der Waals surface area contributed by atoms with Gasteiger partial charge < -0.3 is 15.8 Å². The van der Waals surface area contributed by atoms with Gasteiger partial charge in [-0.1, -0.05) is 12.1 Å². The number of nitrogens with zero attached hydrogens (tertiary/aromatic N) is 4. The summed E-state index contributed by atoms with van der Waals surface area (Å²) in [7, 11) is 1.54. The Hall–Kier alpha value is -2.32. The number of carbonyl (C=O) groups is 1. The summed E-state index contributed by atoms with van der Waals surface area (Å²) in [5.74, 6) is 0.585. The monoisotopic (exact) mass is 316 g/mol. The van der Waals surface area contributed by atoms with Crippen molar-refractivity contribution in [2.24, 2.45) is 5.73 Å². The summed E-state index contributed by atoms with van der Waals surface area (Å²) in [5, 5.41) is 14.8. The van der Waals surface area contributed by atoms with Gasteiger partial charge in [-0.3, -0.25) is 4.79 Å². The molecule has 0 spiro atoms. The third-order valence-electron chi connectivity index (χ3n) is 3.80. The van der Waals surface area contributed by atoms with Crippen LogP contribution in [0.15, 0.2) is 24.3 Å². The molecule has 122 valence electrons. The third-order valence-corrected chi connectivity index (χ3v) is 3.80. The number of amides is 1. The number of anilines is 1. The molecule has 1 aromatic carbocycles. The Labute approximate surface area is 134 Å². The molecule has 1 unspecified atom stereocenters. The molecule has 0 saturated heterocycles. The Bertz CT molecular complexity index is 678. The van der Waals surface area contributed by atoms with Crippen LogP contribution in [0, 0.1) is 0 Å². The van der Waals surface area contributed by atoms with Crippen LogP contribution >= 0.6 is 0 Å². The van der Waals surface area contributed by atoms with Crippen molar-refractivity contribution in [2.75, 3.05) is 19.0 Å². The summed E-state index contributed by atoms with van der Waals surface area (Å²) in [5.41, 5.74) is 7.11. The average Bonchev–Trinajstić information content (AvgIpc) is 3.29. The normalized spacial score (nSPS) is 15.4. The van der Waals surface area contributed by atoms with Gasteiger partial charge in [0.2, 0.25) is 5.91 Å². The second kappa shape index (κ2) is 6.84. The first-order chi connectivity index (χ1) is 11.2. The van der Waals surface area contributed by atoms with Gasteiger partial charge in [-0.05, 0) is 35.4 Å². The van der Waals surface area contributed by atoms with E-state index in [4.69, 9.17) is 10.5 Å². The van der Waals surface area contributed by atoms with Crippen LogP contribution in [0.4, 0.5) is 5.69 Å². The zero-order chi connectivity index (χ0) is 16.2. The first kappa shape index (κ1) is 15.6. The van der Waals surface area contributed by atoms with E-state index >= 15 is 0 Å². The van der Waals surface area contributed by atoms with Crippen LogP contribution in [-0.4, -0.2) is 45.9 Å². The van der Waals surface area contributed by atoms with Crippen LogP contribution in [0.5, 0.6) is 0 Å². The van der Waals surface area contributed by atoms with E-state index in [9.17, 15) is 4.79 Å². The molecule has 1 aliphatic rings. The fourth-order valence-electron chi connectivity index (χ4n) is 2.37. The molecular formula is C15H20N6O2. The van der Waals surface area contributed by atoms with Crippen molar-refractivity contribution >= 4 is 11.6 Å². The Balaban J connectivity index is 1.72. The highest BCUT2D eigenvalue weighted by atomic mass is 16.5. The number of tetrazole rings is 1. The summed E-state index contributed by atoms with van der Waals surface area (Å²) in [6.07, 6.45) is 2.15. The van der Waals surface area contributed by atoms with Gasteiger partial charge in [0.05, 0.1) is 18.6 Å². The van der Waals surface area contributed by atoms with E-state index in [-0.39, 0.29) is 18.4 Å². The highest BCUT2D eigenvalue weighted by Gasteiger charge is 2.28. The van der Waals surface area contributed by atoms with Crippen LogP contribution in [0.3, 0.4) is 0 Å². The molecule has 1 amide bonds. The number of carbonyl (C=O) groups excluding carboxylic acids is 1. The maximum absolute atomic E-state index is 12.0. The standard InChI is InChI=1S/C15H20N6O2/c1-23-13(9-16)8-14(22)17-11-4-2-3-10(7-11)15-18-19-20-21(15)12-5-6-12/h2-4,7,12-13H,5-6,8-9,16H2,1H3,(H,17,22). The van der Waals surface area contributed by atoms with Crippen LogP contribution in [0.1, 0.15) is 25.3 Å². The maximum atomic E-state index is 12.0. The van der Waals surface area contributed by atoms with Crippen molar-refractivity contribution in [3.8, 4) is 11.4 Å². The zero-order valence-corrected chi connectivity index (χ0v) is 13.0. The van der Waals surface area contributed by atoms with Gasteiger partial charge in [0.15, 0.2) is 5.82 Å². The molecule has 0 radical (unpaired) electrons. The molecule has 1 fully saturated rings. The van der Waals surface area contributed by atoms with Gasteiger partial charge in [0, 0.05) is 24.9 Å². The van der Waals surface area contributed by atoms with Crippen LogP contribution in [-0.2, 0) is 9.53 Å². The topological polar surface area (TPSA) is 108 Å². The molecule has 1 heterocycles. The van der Waals surface area contributed by atoms with Crippen LogP contribution in [0.2, 0.25) is 0 Å². The summed E-state index contributed by atoms with van der Waals surface area (Å²) >= 11 is 0. The minimum absolute atomic E-state index is 0.138. The van der Waals surface area contributed by atoms with Crippen molar-refractivity contribution in [3.05, 3.63) is 24.3 Å². The smallest absolute Gasteiger partial charge is 0.227 e. The largest absolute Gasteiger partial charge is 0.380 e. The maximum Gasteiger partial charge on any atom is 0.227 e. The van der Waals surface area contributed by atoms with E-state index in [0.717, 1.165) is 24.2 Å². The SMILES string of the molecule is COC(CN)CC(=O)Nc1cccc(-c2nnnn2C2CC2)c1. The van der Waals surface area contributed by atoms with E-state index < -0.39 is 0 Å². The molecule has 3 N–H and O–H groups in total. The van der Waals surface area contributed by atoms with Gasteiger partial charge in [-0.2, -0.15) is 0 Å². The highest BCUT2D eigenvalue weighted by molar-refractivity contribution is 5.91. The minimum Gasteiger partial charge on any atom is -0.380 e. The van der Waals surface area contributed by atoms with Gasteiger partial charge in [0.1, 0.15) is 0 Å². The minimum atomic E-state index is -0.277. The fourth-order valence-corrected chi connectivity index (χ4v) is 2.37. The third kappa shape index (κ3) is 3.72. The number of hydrogen-bond acceptors (Lipinski definition) is 6. The van der Waals surface area contributed by atoms with Crippen molar-refractivity contribution in [1.29, 1.82) is 0 Å². The molecule has 1 saturated carbocycles. The Kier molecular flexibility index (Phi) is 4.63. The van der Waals surface area contributed by atoms with Gasteiger partial charge in [-0.25, -0.2) is 4.68 Å². The van der Waals surface area contributed by atoms with Gasteiger partial charge >= 0.3 is 0 Å². The lowest BCUT2D eigenvalue weighted by molar-refractivity contribution is -0.118. The molecule has 1 atom stereocenters. The van der Waals surface area contributed by atoms with Crippen molar-refractivity contribution < 1.29 is 9.53 Å². The van der Waals surface area contributed by atoms with Gasteiger partial charge in [-0.15, -0.1) is 5.10 Å². The van der Waals surface area contributed by atoms with Gasteiger partial charge in [0.25, 0.3) is 0 Å². The quantitative estimate of drug-likeness (QED) is 0.788. The van der Waals surface area contributed by atoms with E-state index in [1.54, 1.807) is 7.11 Å². The Morgan fingerprint density at radius 3 is 3.04 bits per heavy atom. The molecule has 1 aliphatic carbocycles. The highest BCUT2D eigenvalue weighted by Crippen LogP contribution is 2.36. The number of nitrogens with one attached hydrogen (secondary N) is 1. The molecule has 23 heavy (non-hydrogen) atoms. The van der Waals surface area contributed by atoms with E-state index in [2.05, 4.69) is 20.8 Å². The molecule has 0 aliphatic heterocycles. The summed E-state index contributed by atoms with van der Waals surface area (Å²) in [6, 6.07) is 7.89. The molecular weight excluding hydrogens is 296 g/mol. The lowest BCUT2D eigenvalue weighted by atomic mass is 10.1. The average molecular weight is 316 g/mol. The number of rotatable bonds is 7. The summed E-state index contributed by atoms with van der Waals surface area (Å²) < 4.78 is 6.97. The van der Waals surface area contributed by atoms with E-state index in [1.807, 2.05) is 28.9 Å². The zero-order valence-electron chi connectivity index (χ0n) is 13.0. The number of benzene rings is 1. The predicted octanol–water partition coefficient (Wildman–Crippen LogP) is 0.977. The Morgan fingerprint density at radius 1 is 1.52 bits per heavy atom. The number of nitrogens with two attached hydrogens (primary N) is 1.